The molecule has 1 aromatic carbocycles. The Morgan fingerprint density at radius 2 is 1.91 bits per heavy atom. The van der Waals surface area contributed by atoms with Crippen molar-refractivity contribution in [2.75, 3.05) is 11.5 Å². The minimum absolute atomic E-state index is 0.293. The number of hydrogen-bond donors (Lipinski definition) is 0. The highest BCUT2D eigenvalue weighted by Gasteiger charge is 2.55. The van der Waals surface area contributed by atoms with Gasteiger partial charge in [0.25, 0.3) is 11.8 Å². The second kappa shape index (κ2) is 4.84. The fourth-order valence-corrected chi connectivity index (χ4v) is 5.46. The number of amides is 2. The molecule has 2 amide bonds. The van der Waals surface area contributed by atoms with Gasteiger partial charge in [0.2, 0.25) is 0 Å². The lowest BCUT2D eigenvalue weighted by Crippen LogP contribution is -2.42. The summed E-state index contributed by atoms with van der Waals surface area (Å²) in [6, 6.07) is 6.53. The molecule has 0 radical (unpaired) electrons. The Hall–Kier alpha value is -1.82. The topological polar surface area (TPSA) is 63.7 Å². The molecular formula is C16H15NO4S. The molecule has 0 spiro atoms. The zero-order chi connectivity index (χ0) is 15.3. The van der Waals surface area contributed by atoms with E-state index < -0.39 is 23.2 Å². The van der Waals surface area contributed by atoms with Crippen molar-refractivity contribution in [3.63, 3.8) is 0 Å². The molecule has 1 aromatic rings. The largest absolute Gasteiger partial charge is 0.340 e. The summed E-state index contributed by atoms with van der Waals surface area (Å²) in [7, 11) is 0. The number of benzene rings is 1. The van der Waals surface area contributed by atoms with Crippen LogP contribution < -0.4 is 0 Å². The van der Waals surface area contributed by atoms with Crippen LogP contribution in [-0.2, 0) is 9.63 Å². The molecule has 0 bridgehead atoms. The maximum absolute atomic E-state index is 12.7. The molecule has 0 N–H and O–H groups in total. The number of thioether (sulfide) groups is 1. The van der Waals surface area contributed by atoms with E-state index in [1.165, 1.54) is 0 Å². The Balaban J connectivity index is 1.59. The number of carbonyl (C=O) groups excluding carboxylic acids is 3. The summed E-state index contributed by atoms with van der Waals surface area (Å²) in [6.45, 7) is 0. The van der Waals surface area contributed by atoms with Gasteiger partial charge in [-0.2, -0.15) is 11.8 Å². The van der Waals surface area contributed by atoms with Crippen molar-refractivity contribution in [3.8, 4) is 0 Å². The first-order valence-electron chi connectivity index (χ1n) is 7.41. The first-order valence-corrected chi connectivity index (χ1v) is 8.57. The van der Waals surface area contributed by atoms with Crippen LogP contribution in [0.4, 0.5) is 0 Å². The highest BCUT2D eigenvalue weighted by Crippen LogP contribution is 2.53. The molecule has 4 rings (SSSR count). The maximum atomic E-state index is 12.7. The average molecular weight is 317 g/mol. The normalized spacial score (nSPS) is 29.6. The minimum Gasteiger partial charge on any atom is -0.329 e. The zero-order valence-electron chi connectivity index (χ0n) is 11.9. The lowest BCUT2D eigenvalue weighted by molar-refractivity contribution is -0.181. The Morgan fingerprint density at radius 3 is 2.59 bits per heavy atom. The summed E-state index contributed by atoms with van der Waals surface area (Å²) < 4.78 is 0. The minimum atomic E-state index is -0.550. The van der Waals surface area contributed by atoms with E-state index in [0.717, 1.165) is 30.8 Å². The van der Waals surface area contributed by atoms with Gasteiger partial charge in [0.15, 0.2) is 0 Å². The van der Waals surface area contributed by atoms with Crippen LogP contribution in [0.25, 0.3) is 0 Å². The molecule has 2 aliphatic heterocycles. The SMILES string of the molecule is O=C1c2ccccc2C(=O)N1OC(=O)[C@]12CCC[C@H]1CSC2. The van der Waals surface area contributed by atoms with E-state index in [2.05, 4.69) is 0 Å². The standard InChI is InChI=1S/C16H15NO4S/c18-13-11-5-1-2-6-12(11)14(19)17(13)21-15(20)16-7-3-4-10(16)8-22-9-16/h1-2,5-6,10H,3-4,7-9H2/t10-,16-/m0/s1. The van der Waals surface area contributed by atoms with Crippen molar-refractivity contribution >= 4 is 29.5 Å². The fraction of sp³-hybridized carbons (Fsp3) is 0.438. The van der Waals surface area contributed by atoms with Crippen LogP contribution in [0.15, 0.2) is 24.3 Å². The lowest BCUT2D eigenvalue weighted by atomic mass is 9.81. The van der Waals surface area contributed by atoms with Gasteiger partial charge >= 0.3 is 5.97 Å². The summed E-state index contributed by atoms with van der Waals surface area (Å²) >= 11 is 1.75. The first kappa shape index (κ1) is 13.8. The predicted molar refractivity (Wildman–Crippen MR) is 80.1 cm³/mol. The molecule has 1 saturated heterocycles. The van der Waals surface area contributed by atoms with Crippen molar-refractivity contribution < 1.29 is 19.2 Å². The second-order valence-electron chi connectivity index (χ2n) is 6.09. The fourth-order valence-electron chi connectivity index (χ4n) is 3.71. The number of nitrogens with zero attached hydrogens (tertiary/aromatic N) is 1. The smallest absolute Gasteiger partial charge is 0.329 e. The van der Waals surface area contributed by atoms with E-state index >= 15 is 0 Å². The Labute approximate surface area is 131 Å². The number of rotatable bonds is 2. The van der Waals surface area contributed by atoms with E-state index in [-0.39, 0.29) is 0 Å². The molecule has 2 fully saturated rings. The van der Waals surface area contributed by atoms with Gasteiger partial charge < -0.3 is 4.84 Å². The average Bonchev–Trinajstić information content (AvgIpc) is 3.16. The summed E-state index contributed by atoms with van der Waals surface area (Å²) in [5.41, 5.74) is 0.0724. The van der Waals surface area contributed by atoms with Crippen molar-refractivity contribution in [1.29, 1.82) is 0 Å². The number of imide groups is 1. The van der Waals surface area contributed by atoms with Crippen molar-refractivity contribution in [3.05, 3.63) is 35.4 Å². The maximum Gasteiger partial charge on any atom is 0.340 e. The third kappa shape index (κ3) is 1.76. The molecule has 5 nitrogen and oxygen atoms in total. The van der Waals surface area contributed by atoms with Gasteiger partial charge in [-0.3, -0.25) is 9.59 Å². The number of carbonyl (C=O) groups is 3. The Bertz CT molecular complexity index is 641. The van der Waals surface area contributed by atoms with E-state index in [1.807, 2.05) is 0 Å². The molecule has 114 valence electrons. The molecule has 1 saturated carbocycles. The molecule has 0 unspecified atom stereocenters. The Morgan fingerprint density at radius 1 is 1.23 bits per heavy atom. The van der Waals surface area contributed by atoms with Crippen LogP contribution in [0.2, 0.25) is 0 Å². The molecular weight excluding hydrogens is 302 g/mol. The highest BCUT2D eigenvalue weighted by atomic mass is 32.2. The van der Waals surface area contributed by atoms with Gasteiger partial charge in [-0.1, -0.05) is 23.6 Å². The number of hydroxylamine groups is 2. The monoisotopic (exact) mass is 317 g/mol. The quantitative estimate of drug-likeness (QED) is 0.783. The third-order valence-electron chi connectivity index (χ3n) is 4.97. The summed E-state index contributed by atoms with van der Waals surface area (Å²) in [5.74, 6) is 0.461. The van der Waals surface area contributed by atoms with Crippen molar-refractivity contribution in [2.45, 2.75) is 19.3 Å². The van der Waals surface area contributed by atoms with Gasteiger partial charge in [-0.05, 0) is 36.6 Å². The van der Waals surface area contributed by atoms with E-state index in [0.29, 0.717) is 22.1 Å². The molecule has 22 heavy (non-hydrogen) atoms. The lowest BCUT2D eigenvalue weighted by Gasteiger charge is -2.27. The molecule has 2 atom stereocenters. The van der Waals surface area contributed by atoms with Gasteiger partial charge in [-0.15, -0.1) is 0 Å². The molecule has 3 aliphatic rings. The molecule has 1 aliphatic carbocycles. The van der Waals surface area contributed by atoms with E-state index in [4.69, 9.17) is 4.84 Å². The predicted octanol–water partition coefficient (Wildman–Crippen LogP) is 2.27. The van der Waals surface area contributed by atoms with Crippen LogP contribution >= 0.6 is 11.8 Å². The van der Waals surface area contributed by atoms with Gasteiger partial charge in [0.05, 0.1) is 16.5 Å². The van der Waals surface area contributed by atoms with Gasteiger partial charge in [0.1, 0.15) is 0 Å². The second-order valence-corrected chi connectivity index (χ2v) is 7.12. The van der Waals surface area contributed by atoms with Crippen LogP contribution in [0.1, 0.15) is 40.0 Å². The van der Waals surface area contributed by atoms with Crippen LogP contribution in [0, 0.1) is 11.3 Å². The number of fused-ring (bicyclic) bond motifs is 2. The van der Waals surface area contributed by atoms with E-state index in [9.17, 15) is 14.4 Å². The van der Waals surface area contributed by atoms with Gasteiger partial charge in [0, 0.05) is 5.75 Å². The zero-order valence-corrected chi connectivity index (χ0v) is 12.7. The van der Waals surface area contributed by atoms with Crippen LogP contribution in [-0.4, -0.2) is 34.4 Å². The molecule has 2 heterocycles. The molecule has 6 heteroatoms. The highest BCUT2D eigenvalue weighted by molar-refractivity contribution is 7.99. The Kier molecular flexibility index (Phi) is 3.04. The summed E-state index contributed by atoms with van der Waals surface area (Å²) in [4.78, 5) is 42.5. The summed E-state index contributed by atoms with van der Waals surface area (Å²) in [5, 5.41) is 0.639. The van der Waals surface area contributed by atoms with Gasteiger partial charge in [-0.25, -0.2) is 4.79 Å². The van der Waals surface area contributed by atoms with E-state index in [1.54, 1.807) is 36.0 Å². The number of hydrogen-bond acceptors (Lipinski definition) is 5. The molecule has 0 aromatic heterocycles. The van der Waals surface area contributed by atoms with Crippen molar-refractivity contribution in [1.82, 2.24) is 5.06 Å². The third-order valence-corrected chi connectivity index (χ3v) is 6.33. The first-order chi connectivity index (χ1) is 10.6. The van der Waals surface area contributed by atoms with Crippen LogP contribution in [0.5, 0.6) is 0 Å². The summed E-state index contributed by atoms with van der Waals surface area (Å²) in [6.07, 6.45) is 2.80. The van der Waals surface area contributed by atoms with Crippen molar-refractivity contribution in [2.24, 2.45) is 11.3 Å². The van der Waals surface area contributed by atoms with Crippen LogP contribution in [0.3, 0.4) is 0 Å².